The quantitative estimate of drug-likeness (QED) is 0.849. The number of hydrogen-bond donors (Lipinski definition) is 1. The van der Waals surface area contributed by atoms with E-state index in [1.54, 1.807) is 6.07 Å². The third kappa shape index (κ3) is 2.75. The molecule has 0 aromatic heterocycles. The third-order valence-corrected chi connectivity index (χ3v) is 2.97. The topological polar surface area (TPSA) is 47.3 Å². The summed E-state index contributed by atoms with van der Waals surface area (Å²) >= 11 is 0. The minimum absolute atomic E-state index is 0.178. The molecule has 1 saturated carbocycles. The van der Waals surface area contributed by atoms with Crippen molar-refractivity contribution in [3.05, 3.63) is 29.6 Å². The van der Waals surface area contributed by atoms with E-state index in [0.29, 0.717) is 24.6 Å². The van der Waals surface area contributed by atoms with E-state index in [9.17, 15) is 9.50 Å². The second-order valence-electron chi connectivity index (χ2n) is 4.26. The van der Waals surface area contributed by atoms with Gasteiger partial charge in [-0.2, -0.15) is 5.26 Å². The van der Waals surface area contributed by atoms with Gasteiger partial charge >= 0.3 is 0 Å². The van der Waals surface area contributed by atoms with E-state index in [-0.39, 0.29) is 12.4 Å². The molecule has 17 heavy (non-hydrogen) atoms. The number of benzene rings is 1. The lowest BCUT2D eigenvalue weighted by Crippen LogP contribution is -2.27. The third-order valence-electron chi connectivity index (χ3n) is 2.97. The van der Waals surface area contributed by atoms with Gasteiger partial charge in [0, 0.05) is 23.8 Å². The van der Waals surface area contributed by atoms with Crippen LogP contribution in [0.15, 0.2) is 18.2 Å². The lowest BCUT2D eigenvalue weighted by atomic mass is 10.1. The molecule has 1 aliphatic rings. The summed E-state index contributed by atoms with van der Waals surface area (Å²) < 4.78 is 13.1. The van der Waals surface area contributed by atoms with Crippen molar-refractivity contribution in [2.45, 2.75) is 31.9 Å². The number of anilines is 1. The molecular weight excluding hydrogens is 219 g/mol. The van der Waals surface area contributed by atoms with Crippen molar-refractivity contribution >= 4 is 5.69 Å². The fourth-order valence-corrected chi connectivity index (χ4v) is 2.02. The molecule has 0 bridgehead atoms. The van der Waals surface area contributed by atoms with Gasteiger partial charge in [0.2, 0.25) is 0 Å². The van der Waals surface area contributed by atoms with Gasteiger partial charge in [-0.05, 0) is 31.0 Å². The van der Waals surface area contributed by atoms with Gasteiger partial charge in [0.05, 0.1) is 19.1 Å². The largest absolute Gasteiger partial charge is 0.392 e. The van der Waals surface area contributed by atoms with Crippen LogP contribution in [0.3, 0.4) is 0 Å². The molecule has 4 heteroatoms. The zero-order valence-electron chi connectivity index (χ0n) is 9.56. The first kappa shape index (κ1) is 11.9. The van der Waals surface area contributed by atoms with Gasteiger partial charge in [-0.15, -0.1) is 0 Å². The summed E-state index contributed by atoms with van der Waals surface area (Å²) in [6, 6.07) is 7.01. The van der Waals surface area contributed by atoms with Crippen molar-refractivity contribution in [2.24, 2.45) is 0 Å². The summed E-state index contributed by atoms with van der Waals surface area (Å²) in [6.07, 6.45) is 2.65. The van der Waals surface area contributed by atoms with Crippen LogP contribution in [-0.4, -0.2) is 17.7 Å². The Kier molecular flexibility index (Phi) is 3.60. The van der Waals surface area contributed by atoms with Gasteiger partial charge in [0.15, 0.2) is 0 Å². The summed E-state index contributed by atoms with van der Waals surface area (Å²) in [4.78, 5) is 2.11. The SMILES string of the molecule is N#CCCN(c1ccc(F)cc1CO)C1CC1. The highest BCUT2D eigenvalue weighted by Crippen LogP contribution is 2.34. The van der Waals surface area contributed by atoms with E-state index < -0.39 is 0 Å². The predicted molar refractivity (Wildman–Crippen MR) is 62.9 cm³/mol. The second-order valence-corrected chi connectivity index (χ2v) is 4.26. The molecule has 2 rings (SSSR count). The minimum atomic E-state index is -0.339. The summed E-state index contributed by atoms with van der Waals surface area (Å²) in [5.74, 6) is -0.339. The van der Waals surface area contributed by atoms with Crippen molar-refractivity contribution in [3.63, 3.8) is 0 Å². The number of halogens is 1. The van der Waals surface area contributed by atoms with E-state index in [1.807, 2.05) is 0 Å². The number of nitrogens with zero attached hydrogens (tertiary/aromatic N) is 2. The molecule has 1 fully saturated rings. The number of aliphatic hydroxyl groups excluding tert-OH is 1. The zero-order chi connectivity index (χ0) is 12.3. The van der Waals surface area contributed by atoms with Crippen LogP contribution in [0, 0.1) is 17.1 Å². The van der Waals surface area contributed by atoms with Gasteiger partial charge in [0.25, 0.3) is 0 Å². The zero-order valence-corrected chi connectivity index (χ0v) is 9.56. The standard InChI is InChI=1S/C13H15FN2O/c14-11-2-5-13(10(8-11)9-17)16(7-1-6-15)12-3-4-12/h2,5,8,12,17H,1,3-4,7,9H2. The van der Waals surface area contributed by atoms with E-state index in [2.05, 4.69) is 11.0 Å². The maximum atomic E-state index is 13.1. The van der Waals surface area contributed by atoms with Crippen molar-refractivity contribution in [3.8, 4) is 6.07 Å². The lowest BCUT2D eigenvalue weighted by Gasteiger charge is -2.25. The Bertz CT molecular complexity index is 438. The van der Waals surface area contributed by atoms with Crippen LogP contribution < -0.4 is 4.90 Å². The smallest absolute Gasteiger partial charge is 0.123 e. The summed E-state index contributed by atoms with van der Waals surface area (Å²) in [6.45, 7) is 0.461. The normalized spacial score (nSPS) is 14.4. The molecule has 0 heterocycles. The van der Waals surface area contributed by atoms with Crippen LogP contribution in [0.5, 0.6) is 0 Å². The molecule has 0 aliphatic heterocycles. The molecule has 3 nitrogen and oxygen atoms in total. The second kappa shape index (κ2) is 5.15. The average Bonchev–Trinajstić information content (AvgIpc) is 3.15. The number of aliphatic hydroxyl groups is 1. The van der Waals surface area contributed by atoms with Gasteiger partial charge in [0.1, 0.15) is 5.82 Å². The first-order valence-electron chi connectivity index (χ1n) is 5.79. The van der Waals surface area contributed by atoms with E-state index >= 15 is 0 Å². The maximum Gasteiger partial charge on any atom is 0.123 e. The summed E-state index contributed by atoms with van der Waals surface area (Å²) in [5, 5.41) is 17.9. The lowest BCUT2D eigenvalue weighted by molar-refractivity contribution is 0.281. The number of nitriles is 1. The molecule has 1 aromatic rings. The minimum Gasteiger partial charge on any atom is -0.392 e. The van der Waals surface area contributed by atoms with Gasteiger partial charge in [-0.25, -0.2) is 4.39 Å². The Hall–Kier alpha value is -1.60. The van der Waals surface area contributed by atoms with Crippen molar-refractivity contribution in [1.29, 1.82) is 5.26 Å². The van der Waals surface area contributed by atoms with Crippen LogP contribution in [0.4, 0.5) is 10.1 Å². The van der Waals surface area contributed by atoms with Crippen LogP contribution in [0.25, 0.3) is 0 Å². The molecule has 0 unspecified atom stereocenters. The molecule has 0 saturated heterocycles. The van der Waals surface area contributed by atoms with Crippen molar-refractivity contribution < 1.29 is 9.50 Å². The molecule has 1 aliphatic carbocycles. The highest BCUT2D eigenvalue weighted by atomic mass is 19.1. The van der Waals surface area contributed by atoms with Gasteiger partial charge < -0.3 is 10.0 Å². The van der Waals surface area contributed by atoms with Gasteiger partial charge in [-0.1, -0.05) is 0 Å². The molecule has 0 amide bonds. The Morgan fingerprint density at radius 1 is 1.47 bits per heavy atom. The molecular formula is C13H15FN2O. The molecule has 1 N–H and O–H groups in total. The van der Waals surface area contributed by atoms with E-state index in [4.69, 9.17) is 5.26 Å². The average molecular weight is 234 g/mol. The summed E-state index contributed by atoms with van der Waals surface area (Å²) in [5.41, 5.74) is 1.45. The fourth-order valence-electron chi connectivity index (χ4n) is 2.02. The van der Waals surface area contributed by atoms with E-state index in [0.717, 1.165) is 18.5 Å². The van der Waals surface area contributed by atoms with Crippen LogP contribution in [-0.2, 0) is 6.61 Å². The van der Waals surface area contributed by atoms with Crippen LogP contribution >= 0.6 is 0 Å². The predicted octanol–water partition coefficient (Wildman–Crippen LogP) is 2.20. The maximum absolute atomic E-state index is 13.1. The highest BCUT2D eigenvalue weighted by molar-refractivity contribution is 5.55. The highest BCUT2D eigenvalue weighted by Gasteiger charge is 2.30. The summed E-state index contributed by atoms with van der Waals surface area (Å²) in [7, 11) is 0. The molecule has 0 atom stereocenters. The molecule has 90 valence electrons. The fraction of sp³-hybridized carbons (Fsp3) is 0.462. The van der Waals surface area contributed by atoms with Crippen molar-refractivity contribution in [2.75, 3.05) is 11.4 Å². The molecule has 1 aromatic carbocycles. The first-order chi connectivity index (χ1) is 8.26. The Morgan fingerprint density at radius 3 is 2.82 bits per heavy atom. The Morgan fingerprint density at radius 2 is 2.24 bits per heavy atom. The number of rotatable bonds is 5. The van der Waals surface area contributed by atoms with Crippen LogP contribution in [0.2, 0.25) is 0 Å². The number of hydrogen-bond acceptors (Lipinski definition) is 3. The van der Waals surface area contributed by atoms with Crippen molar-refractivity contribution in [1.82, 2.24) is 0 Å². The molecule has 0 spiro atoms. The Labute approximate surface area is 100 Å². The molecule has 0 radical (unpaired) electrons. The first-order valence-corrected chi connectivity index (χ1v) is 5.79. The Balaban J connectivity index is 2.25. The van der Waals surface area contributed by atoms with E-state index in [1.165, 1.54) is 12.1 Å². The van der Waals surface area contributed by atoms with Gasteiger partial charge in [-0.3, -0.25) is 0 Å². The van der Waals surface area contributed by atoms with Crippen LogP contribution in [0.1, 0.15) is 24.8 Å². The monoisotopic (exact) mass is 234 g/mol.